The van der Waals surface area contributed by atoms with Crippen LogP contribution in [0.15, 0.2) is 6.20 Å². The van der Waals surface area contributed by atoms with E-state index in [1.54, 1.807) is 0 Å². The minimum atomic E-state index is 0.0179. The van der Waals surface area contributed by atoms with E-state index in [2.05, 4.69) is 23.8 Å². The van der Waals surface area contributed by atoms with Crippen LogP contribution in [-0.4, -0.2) is 9.97 Å². The molecule has 0 aromatic carbocycles. The van der Waals surface area contributed by atoms with Crippen LogP contribution in [0, 0.1) is 12.3 Å². The second-order valence-corrected chi connectivity index (χ2v) is 6.50. The third-order valence-electron chi connectivity index (χ3n) is 4.23. The van der Waals surface area contributed by atoms with E-state index in [9.17, 15) is 0 Å². The first-order chi connectivity index (χ1) is 8.39. The van der Waals surface area contributed by atoms with Crippen LogP contribution < -0.4 is 5.73 Å². The number of aryl methyl sites for hydroxylation is 1. The summed E-state index contributed by atoms with van der Waals surface area (Å²) < 4.78 is 0. The Balaban J connectivity index is 2.13. The Bertz CT molecular complexity index is 414. The molecule has 1 aromatic rings. The van der Waals surface area contributed by atoms with E-state index in [-0.39, 0.29) is 6.04 Å². The van der Waals surface area contributed by atoms with E-state index in [0.717, 1.165) is 17.1 Å². The Labute approximate surface area is 110 Å². The van der Waals surface area contributed by atoms with Crippen molar-refractivity contribution in [2.45, 2.75) is 65.3 Å². The van der Waals surface area contributed by atoms with Crippen LogP contribution >= 0.6 is 0 Å². The van der Waals surface area contributed by atoms with E-state index < -0.39 is 0 Å². The molecule has 3 nitrogen and oxygen atoms in total. The van der Waals surface area contributed by atoms with Gasteiger partial charge in [0.05, 0.1) is 0 Å². The van der Waals surface area contributed by atoms with Gasteiger partial charge in [0, 0.05) is 29.4 Å². The summed E-state index contributed by atoms with van der Waals surface area (Å²) in [5.74, 6) is 1.56. The van der Waals surface area contributed by atoms with Gasteiger partial charge < -0.3 is 5.73 Å². The first kappa shape index (κ1) is 13.5. The summed E-state index contributed by atoms with van der Waals surface area (Å²) in [6.07, 6.45) is 6.89. The molecule has 1 saturated carbocycles. The lowest BCUT2D eigenvalue weighted by Gasteiger charge is -2.33. The van der Waals surface area contributed by atoms with Gasteiger partial charge >= 0.3 is 0 Å². The Morgan fingerprint density at radius 3 is 2.44 bits per heavy atom. The smallest absolute Gasteiger partial charge is 0.131 e. The summed E-state index contributed by atoms with van der Waals surface area (Å²) in [4.78, 5) is 9.22. The van der Waals surface area contributed by atoms with Crippen molar-refractivity contribution in [2.24, 2.45) is 11.1 Å². The Morgan fingerprint density at radius 2 is 1.94 bits per heavy atom. The molecule has 1 unspecified atom stereocenters. The van der Waals surface area contributed by atoms with E-state index in [4.69, 9.17) is 5.73 Å². The molecule has 1 aromatic heterocycles. The summed E-state index contributed by atoms with van der Waals surface area (Å²) in [6.45, 7) is 8.73. The third-order valence-corrected chi connectivity index (χ3v) is 4.23. The lowest BCUT2D eigenvalue weighted by molar-refractivity contribution is 0.220. The molecular weight excluding hydrogens is 222 g/mol. The van der Waals surface area contributed by atoms with Gasteiger partial charge in [-0.1, -0.05) is 13.8 Å². The van der Waals surface area contributed by atoms with Crippen molar-refractivity contribution in [3.63, 3.8) is 0 Å². The second-order valence-electron chi connectivity index (χ2n) is 6.50. The molecule has 1 aliphatic rings. The first-order valence-corrected chi connectivity index (χ1v) is 6.98. The quantitative estimate of drug-likeness (QED) is 0.870. The SMILES string of the molecule is Cc1nc(C2CCC(C)(C)CC2)ncc1C(C)N. The van der Waals surface area contributed by atoms with Crippen molar-refractivity contribution in [3.05, 3.63) is 23.3 Å². The number of hydrogen-bond acceptors (Lipinski definition) is 3. The van der Waals surface area contributed by atoms with Gasteiger partial charge in [0.15, 0.2) is 0 Å². The fraction of sp³-hybridized carbons (Fsp3) is 0.733. The Morgan fingerprint density at radius 1 is 1.33 bits per heavy atom. The van der Waals surface area contributed by atoms with Gasteiger partial charge in [-0.25, -0.2) is 9.97 Å². The molecule has 1 heterocycles. The third kappa shape index (κ3) is 2.89. The van der Waals surface area contributed by atoms with Crippen LogP contribution in [0.25, 0.3) is 0 Å². The van der Waals surface area contributed by atoms with Crippen molar-refractivity contribution >= 4 is 0 Å². The number of nitrogens with two attached hydrogens (primary N) is 1. The zero-order valence-electron chi connectivity index (χ0n) is 12.0. The molecule has 1 aliphatic carbocycles. The summed E-state index contributed by atoms with van der Waals surface area (Å²) >= 11 is 0. The van der Waals surface area contributed by atoms with Crippen molar-refractivity contribution in [1.82, 2.24) is 9.97 Å². The van der Waals surface area contributed by atoms with Gasteiger partial charge in [-0.05, 0) is 44.9 Å². The Kier molecular flexibility index (Phi) is 3.71. The summed E-state index contributed by atoms with van der Waals surface area (Å²) in [5, 5.41) is 0. The van der Waals surface area contributed by atoms with Gasteiger partial charge in [0.1, 0.15) is 5.82 Å². The number of hydrogen-bond donors (Lipinski definition) is 1. The predicted octanol–water partition coefficient (Wildman–Crippen LogP) is 3.49. The highest BCUT2D eigenvalue weighted by molar-refractivity contribution is 5.20. The molecule has 2 rings (SSSR count). The summed E-state index contributed by atoms with van der Waals surface area (Å²) in [5.41, 5.74) is 8.50. The van der Waals surface area contributed by atoms with Crippen molar-refractivity contribution in [1.29, 1.82) is 0 Å². The molecule has 0 saturated heterocycles. The summed E-state index contributed by atoms with van der Waals surface area (Å²) in [6, 6.07) is 0.0179. The van der Waals surface area contributed by atoms with Gasteiger partial charge in [-0.3, -0.25) is 0 Å². The lowest BCUT2D eigenvalue weighted by atomic mass is 9.73. The minimum Gasteiger partial charge on any atom is -0.324 e. The average Bonchev–Trinajstić information content (AvgIpc) is 2.28. The molecule has 0 amide bonds. The highest BCUT2D eigenvalue weighted by Crippen LogP contribution is 2.41. The van der Waals surface area contributed by atoms with Gasteiger partial charge in [-0.2, -0.15) is 0 Å². The molecule has 0 radical (unpaired) electrons. The number of rotatable bonds is 2. The largest absolute Gasteiger partial charge is 0.324 e. The minimum absolute atomic E-state index is 0.0179. The molecule has 100 valence electrons. The van der Waals surface area contributed by atoms with Crippen molar-refractivity contribution in [2.75, 3.05) is 0 Å². The molecule has 1 atom stereocenters. The lowest BCUT2D eigenvalue weighted by Crippen LogP contribution is -2.22. The second kappa shape index (κ2) is 4.96. The predicted molar refractivity (Wildman–Crippen MR) is 74.4 cm³/mol. The van der Waals surface area contributed by atoms with E-state index in [1.165, 1.54) is 25.7 Å². The standard InChI is InChI=1S/C15H25N3/c1-10(16)13-9-17-14(18-11(13)2)12-5-7-15(3,4)8-6-12/h9-10,12H,5-8,16H2,1-4H3. The van der Waals surface area contributed by atoms with E-state index >= 15 is 0 Å². The van der Waals surface area contributed by atoms with Crippen molar-refractivity contribution in [3.8, 4) is 0 Å². The highest BCUT2D eigenvalue weighted by atomic mass is 14.9. The van der Waals surface area contributed by atoms with Crippen LogP contribution in [0.1, 0.15) is 75.5 Å². The zero-order valence-corrected chi connectivity index (χ0v) is 12.0. The topological polar surface area (TPSA) is 51.8 Å². The monoisotopic (exact) mass is 247 g/mol. The Hall–Kier alpha value is -0.960. The maximum atomic E-state index is 5.90. The van der Waals surface area contributed by atoms with Gasteiger partial charge in [0.25, 0.3) is 0 Å². The molecule has 0 bridgehead atoms. The van der Waals surface area contributed by atoms with E-state index in [0.29, 0.717) is 11.3 Å². The van der Waals surface area contributed by atoms with Crippen LogP contribution in [0.5, 0.6) is 0 Å². The molecule has 0 spiro atoms. The van der Waals surface area contributed by atoms with Crippen LogP contribution in [0.3, 0.4) is 0 Å². The molecule has 1 fully saturated rings. The van der Waals surface area contributed by atoms with Crippen molar-refractivity contribution < 1.29 is 0 Å². The van der Waals surface area contributed by atoms with Gasteiger partial charge in [-0.15, -0.1) is 0 Å². The fourth-order valence-electron chi connectivity index (χ4n) is 2.80. The average molecular weight is 247 g/mol. The molecule has 0 aliphatic heterocycles. The molecule has 2 N–H and O–H groups in total. The number of nitrogens with zero attached hydrogens (tertiary/aromatic N) is 2. The van der Waals surface area contributed by atoms with Gasteiger partial charge in [0.2, 0.25) is 0 Å². The van der Waals surface area contributed by atoms with Crippen LogP contribution in [0.2, 0.25) is 0 Å². The molecule has 3 heteroatoms. The first-order valence-electron chi connectivity index (χ1n) is 6.98. The van der Waals surface area contributed by atoms with Crippen LogP contribution in [-0.2, 0) is 0 Å². The fourth-order valence-corrected chi connectivity index (χ4v) is 2.80. The highest BCUT2D eigenvalue weighted by Gasteiger charge is 2.29. The number of aromatic nitrogens is 2. The van der Waals surface area contributed by atoms with Crippen LogP contribution in [0.4, 0.5) is 0 Å². The van der Waals surface area contributed by atoms with E-state index in [1.807, 2.05) is 20.0 Å². The maximum absolute atomic E-state index is 5.90. The zero-order chi connectivity index (χ0) is 13.3. The molecular formula is C15H25N3. The maximum Gasteiger partial charge on any atom is 0.131 e. The molecule has 18 heavy (non-hydrogen) atoms. The summed E-state index contributed by atoms with van der Waals surface area (Å²) in [7, 11) is 0. The normalized spacial score (nSPS) is 21.8.